The van der Waals surface area contributed by atoms with Gasteiger partial charge in [0.05, 0.1) is 21.3 Å². The number of methoxy groups -OCH3 is 3. The van der Waals surface area contributed by atoms with Gasteiger partial charge in [0.1, 0.15) is 5.92 Å². The summed E-state index contributed by atoms with van der Waals surface area (Å²) in [6, 6.07) is 11.9. The van der Waals surface area contributed by atoms with Gasteiger partial charge in [0.15, 0.2) is 11.5 Å². The highest BCUT2D eigenvalue weighted by atomic mass is 16.5. The van der Waals surface area contributed by atoms with Gasteiger partial charge < -0.3 is 25.3 Å². The second kappa shape index (κ2) is 8.75. The molecular weight excluding hydrogens is 336 g/mol. The van der Waals surface area contributed by atoms with E-state index in [-0.39, 0.29) is 6.42 Å². The zero-order valence-electron chi connectivity index (χ0n) is 14.9. The highest BCUT2D eigenvalue weighted by Gasteiger charge is 2.29. The number of hydrogen-bond acceptors (Lipinski definition) is 6. The maximum Gasteiger partial charge on any atom is 0.318 e. The molecule has 2 aromatic rings. The van der Waals surface area contributed by atoms with E-state index < -0.39 is 17.8 Å². The van der Waals surface area contributed by atoms with E-state index in [1.807, 2.05) is 0 Å². The van der Waals surface area contributed by atoms with Gasteiger partial charge in [-0.3, -0.25) is 9.59 Å². The number of anilines is 2. The van der Waals surface area contributed by atoms with Crippen molar-refractivity contribution in [1.82, 2.24) is 0 Å². The lowest BCUT2D eigenvalue weighted by Gasteiger charge is -2.18. The molecule has 7 heteroatoms. The molecule has 0 heterocycles. The van der Waals surface area contributed by atoms with Crippen LogP contribution in [-0.4, -0.2) is 33.2 Å². The maximum absolute atomic E-state index is 12.6. The van der Waals surface area contributed by atoms with Crippen LogP contribution in [0.25, 0.3) is 0 Å². The van der Waals surface area contributed by atoms with Crippen molar-refractivity contribution in [2.24, 2.45) is 5.92 Å². The summed E-state index contributed by atoms with van der Waals surface area (Å²) in [7, 11) is 4.27. The van der Waals surface area contributed by atoms with E-state index in [9.17, 15) is 9.59 Å². The Morgan fingerprint density at radius 2 is 1.73 bits per heavy atom. The second-order valence-corrected chi connectivity index (χ2v) is 5.54. The first-order chi connectivity index (χ1) is 12.5. The smallest absolute Gasteiger partial charge is 0.318 e. The molecule has 1 unspecified atom stereocenters. The van der Waals surface area contributed by atoms with E-state index in [0.717, 1.165) is 0 Å². The van der Waals surface area contributed by atoms with Crippen molar-refractivity contribution < 1.29 is 23.8 Å². The Hall–Kier alpha value is -3.22. The monoisotopic (exact) mass is 358 g/mol. The fraction of sp³-hybridized carbons (Fsp3) is 0.263. The number of nitrogens with two attached hydrogens (primary N) is 1. The molecule has 26 heavy (non-hydrogen) atoms. The van der Waals surface area contributed by atoms with Gasteiger partial charge in [0.2, 0.25) is 5.91 Å². The molecule has 0 spiro atoms. The molecule has 0 bridgehead atoms. The summed E-state index contributed by atoms with van der Waals surface area (Å²) in [4.78, 5) is 24.8. The van der Waals surface area contributed by atoms with Crippen molar-refractivity contribution in [1.29, 1.82) is 0 Å². The number of nitrogens with one attached hydrogen (secondary N) is 1. The predicted molar refractivity (Wildman–Crippen MR) is 98.2 cm³/mol. The Morgan fingerprint density at radius 1 is 1.04 bits per heavy atom. The van der Waals surface area contributed by atoms with Crippen LogP contribution < -0.4 is 20.5 Å². The van der Waals surface area contributed by atoms with E-state index in [2.05, 4.69) is 5.32 Å². The quantitative estimate of drug-likeness (QED) is 0.447. The van der Waals surface area contributed by atoms with E-state index in [1.54, 1.807) is 42.5 Å². The standard InChI is InChI=1S/C19H22N2O5/c1-24-16-6-4-5-12(17(16)25-2)11-15(19(23)26-3)18(22)21-14-9-7-13(20)8-10-14/h4-10,15H,11,20H2,1-3H3,(H,21,22). The number of amides is 1. The molecule has 0 aliphatic rings. The Bertz CT molecular complexity index is 774. The second-order valence-electron chi connectivity index (χ2n) is 5.54. The highest BCUT2D eigenvalue weighted by molar-refractivity contribution is 6.05. The van der Waals surface area contributed by atoms with Crippen molar-refractivity contribution in [2.75, 3.05) is 32.4 Å². The molecule has 3 N–H and O–H groups in total. The van der Waals surface area contributed by atoms with Crippen LogP contribution in [0.2, 0.25) is 0 Å². The van der Waals surface area contributed by atoms with Crippen LogP contribution in [0.3, 0.4) is 0 Å². The average molecular weight is 358 g/mol. The van der Waals surface area contributed by atoms with E-state index in [0.29, 0.717) is 28.4 Å². The summed E-state index contributed by atoms with van der Waals surface area (Å²) in [6.45, 7) is 0. The molecule has 2 aromatic carbocycles. The van der Waals surface area contributed by atoms with Crippen LogP contribution in [0, 0.1) is 5.92 Å². The topological polar surface area (TPSA) is 99.9 Å². The van der Waals surface area contributed by atoms with Crippen molar-refractivity contribution in [2.45, 2.75) is 6.42 Å². The summed E-state index contributed by atoms with van der Waals surface area (Å²) in [5, 5.41) is 2.70. The van der Waals surface area contributed by atoms with Gasteiger partial charge in [0, 0.05) is 11.4 Å². The summed E-state index contributed by atoms with van der Waals surface area (Å²) in [5.41, 5.74) is 7.41. The number of rotatable bonds is 7. The van der Waals surface area contributed by atoms with Crippen LogP contribution in [-0.2, 0) is 20.7 Å². The van der Waals surface area contributed by atoms with Crippen LogP contribution in [0.15, 0.2) is 42.5 Å². The minimum Gasteiger partial charge on any atom is -0.493 e. The fourth-order valence-corrected chi connectivity index (χ4v) is 2.56. The molecule has 2 rings (SSSR count). The molecule has 0 radical (unpaired) electrons. The maximum atomic E-state index is 12.6. The van der Waals surface area contributed by atoms with Crippen LogP contribution in [0.5, 0.6) is 11.5 Å². The number of ether oxygens (including phenoxy) is 3. The van der Waals surface area contributed by atoms with Crippen molar-refractivity contribution in [3.05, 3.63) is 48.0 Å². The SMILES string of the molecule is COC(=O)C(Cc1cccc(OC)c1OC)C(=O)Nc1ccc(N)cc1. The first kappa shape index (κ1) is 19.1. The van der Waals surface area contributed by atoms with Gasteiger partial charge >= 0.3 is 5.97 Å². The lowest BCUT2D eigenvalue weighted by atomic mass is 9.97. The molecule has 138 valence electrons. The number of hydrogen-bond donors (Lipinski definition) is 2. The first-order valence-corrected chi connectivity index (χ1v) is 7.94. The minimum absolute atomic E-state index is 0.105. The predicted octanol–water partition coefficient (Wildman–Crippen LogP) is 2.26. The van der Waals surface area contributed by atoms with Crippen LogP contribution in [0.4, 0.5) is 11.4 Å². The Balaban J connectivity index is 2.26. The summed E-state index contributed by atoms with van der Waals surface area (Å²) >= 11 is 0. The Labute approximate surface area is 152 Å². The molecule has 0 fully saturated rings. The minimum atomic E-state index is -1.04. The molecule has 1 atom stereocenters. The third kappa shape index (κ3) is 4.44. The molecule has 0 saturated carbocycles. The van der Waals surface area contributed by atoms with Gasteiger partial charge in [-0.05, 0) is 42.3 Å². The fourth-order valence-electron chi connectivity index (χ4n) is 2.56. The lowest BCUT2D eigenvalue weighted by Crippen LogP contribution is -2.32. The third-order valence-electron chi connectivity index (χ3n) is 3.89. The van der Waals surface area contributed by atoms with Gasteiger partial charge in [-0.2, -0.15) is 0 Å². The summed E-state index contributed by atoms with van der Waals surface area (Å²) in [5.74, 6) is -1.16. The van der Waals surface area contributed by atoms with Crippen molar-refractivity contribution in [3.8, 4) is 11.5 Å². The van der Waals surface area contributed by atoms with Gasteiger partial charge in [-0.1, -0.05) is 12.1 Å². The number of carbonyl (C=O) groups is 2. The number of benzene rings is 2. The molecule has 7 nitrogen and oxygen atoms in total. The third-order valence-corrected chi connectivity index (χ3v) is 3.89. The number of nitrogen functional groups attached to an aromatic ring is 1. The molecule has 0 saturated heterocycles. The zero-order valence-corrected chi connectivity index (χ0v) is 14.9. The van der Waals surface area contributed by atoms with Gasteiger partial charge in [0.25, 0.3) is 0 Å². The number of para-hydroxylation sites is 1. The molecule has 0 aromatic heterocycles. The van der Waals surface area contributed by atoms with Gasteiger partial charge in [-0.25, -0.2) is 0 Å². The van der Waals surface area contributed by atoms with Crippen LogP contribution in [0.1, 0.15) is 5.56 Å². The molecule has 1 amide bonds. The lowest BCUT2D eigenvalue weighted by molar-refractivity contribution is -0.148. The van der Waals surface area contributed by atoms with E-state index >= 15 is 0 Å². The Kier molecular flexibility index (Phi) is 6.43. The first-order valence-electron chi connectivity index (χ1n) is 7.94. The van der Waals surface area contributed by atoms with Gasteiger partial charge in [-0.15, -0.1) is 0 Å². The summed E-state index contributed by atoms with van der Waals surface area (Å²) in [6.07, 6.45) is 0.105. The van der Waals surface area contributed by atoms with E-state index in [4.69, 9.17) is 19.9 Å². The number of carbonyl (C=O) groups excluding carboxylic acids is 2. The zero-order chi connectivity index (χ0) is 19.1. The van der Waals surface area contributed by atoms with E-state index in [1.165, 1.54) is 21.3 Å². The Morgan fingerprint density at radius 3 is 2.31 bits per heavy atom. The summed E-state index contributed by atoms with van der Waals surface area (Å²) < 4.78 is 15.4. The average Bonchev–Trinajstić information content (AvgIpc) is 2.66. The largest absolute Gasteiger partial charge is 0.493 e. The highest BCUT2D eigenvalue weighted by Crippen LogP contribution is 2.32. The number of esters is 1. The molecule has 0 aliphatic carbocycles. The van der Waals surface area contributed by atoms with Crippen molar-refractivity contribution in [3.63, 3.8) is 0 Å². The molecule has 0 aliphatic heterocycles. The normalized spacial score (nSPS) is 11.3. The molecular formula is C19H22N2O5. The van der Waals surface area contributed by atoms with Crippen LogP contribution >= 0.6 is 0 Å². The van der Waals surface area contributed by atoms with Crippen molar-refractivity contribution >= 4 is 23.3 Å².